The van der Waals surface area contributed by atoms with E-state index in [-0.39, 0.29) is 25.0 Å². The molecule has 1 fully saturated rings. The van der Waals surface area contributed by atoms with Crippen LogP contribution in [0.5, 0.6) is 0 Å². The molecular formula is C14H17F4NO3. The van der Waals surface area contributed by atoms with E-state index in [1.54, 1.807) is 6.92 Å². The molecule has 0 N–H and O–H groups in total. The SMILES string of the molecule is C=C1CCC(=O)N1CC(=O)C(F)(F)C(F)(F)C(=O)CCCC. The second-order valence-electron chi connectivity index (χ2n) is 5.14. The standard InChI is InChI=1S/C14H17F4NO3/c1-3-4-5-10(20)13(15,16)14(17,18)11(21)8-19-9(2)6-7-12(19)22/h2-8H2,1H3. The summed E-state index contributed by atoms with van der Waals surface area (Å²) in [6.45, 7) is 3.82. The molecule has 0 aromatic carbocycles. The van der Waals surface area contributed by atoms with Crippen molar-refractivity contribution in [2.24, 2.45) is 0 Å². The lowest BCUT2D eigenvalue weighted by Gasteiger charge is -2.26. The van der Waals surface area contributed by atoms with Crippen LogP contribution in [0.25, 0.3) is 0 Å². The predicted molar refractivity (Wildman–Crippen MR) is 69.5 cm³/mol. The fraction of sp³-hybridized carbons (Fsp3) is 0.643. The number of nitrogens with zero attached hydrogens (tertiary/aromatic N) is 1. The van der Waals surface area contributed by atoms with E-state index in [4.69, 9.17) is 0 Å². The molecule has 22 heavy (non-hydrogen) atoms. The van der Waals surface area contributed by atoms with Crippen LogP contribution in [-0.4, -0.2) is 40.8 Å². The Bertz CT molecular complexity index is 486. The lowest BCUT2D eigenvalue weighted by Crippen LogP contribution is -2.54. The van der Waals surface area contributed by atoms with E-state index >= 15 is 0 Å². The summed E-state index contributed by atoms with van der Waals surface area (Å²) in [5, 5.41) is 0. The quantitative estimate of drug-likeness (QED) is 0.645. The van der Waals surface area contributed by atoms with Crippen LogP contribution in [-0.2, 0) is 14.4 Å². The molecular weight excluding hydrogens is 306 g/mol. The average Bonchev–Trinajstić information content (AvgIpc) is 2.75. The fourth-order valence-electron chi connectivity index (χ4n) is 1.98. The number of carbonyl (C=O) groups is 3. The van der Waals surface area contributed by atoms with Crippen molar-refractivity contribution in [1.82, 2.24) is 4.90 Å². The zero-order chi connectivity index (χ0) is 17.1. The van der Waals surface area contributed by atoms with Crippen molar-refractivity contribution in [3.63, 3.8) is 0 Å². The van der Waals surface area contributed by atoms with Crippen molar-refractivity contribution in [3.05, 3.63) is 12.3 Å². The van der Waals surface area contributed by atoms with Crippen molar-refractivity contribution in [2.45, 2.75) is 50.9 Å². The third-order valence-corrected chi connectivity index (χ3v) is 3.46. The minimum atomic E-state index is -5.15. The number of Topliss-reactive ketones (excluding diaryl/α,β-unsaturated/α-hetero) is 2. The van der Waals surface area contributed by atoms with Crippen LogP contribution in [0.1, 0.15) is 39.0 Å². The summed E-state index contributed by atoms with van der Waals surface area (Å²) < 4.78 is 54.6. The van der Waals surface area contributed by atoms with Crippen molar-refractivity contribution >= 4 is 17.5 Å². The van der Waals surface area contributed by atoms with E-state index in [1.807, 2.05) is 0 Å². The van der Waals surface area contributed by atoms with Gasteiger partial charge in [0, 0.05) is 18.5 Å². The smallest absolute Gasteiger partial charge is 0.309 e. The molecule has 1 amide bonds. The maximum Gasteiger partial charge on any atom is 0.376 e. The number of halogens is 4. The molecule has 1 aliphatic rings. The minimum Gasteiger partial charge on any atom is -0.309 e. The summed E-state index contributed by atoms with van der Waals surface area (Å²) in [5.41, 5.74) is 0.120. The largest absolute Gasteiger partial charge is 0.376 e. The average molecular weight is 323 g/mol. The zero-order valence-electron chi connectivity index (χ0n) is 12.1. The number of unbranched alkanes of at least 4 members (excludes halogenated alkanes) is 1. The van der Waals surface area contributed by atoms with Crippen LogP contribution in [0.3, 0.4) is 0 Å². The topological polar surface area (TPSA) is 54.5 Å². The number of ketones is 2. The lowest BCUT2D eigenvalue weighted by atomic mass is 9.99. The van der Waals surface area contributed by atoms with Gasteiger partial charge in [-0.25, -0.2) is 0 Å². The van der Waals surface area contributed by atoms with Crippen molar-refractivity contribution in [1.29, 1.82) is 0 Å². The Morgan fingerprint density at radius 1 is 1.14 bits per heavy atom. The third-order valence-electron chi connectivity index (χ3n) is 3.46. The Labute approximate surface area is 125 Å². The Morgan fingerprint density at radius 2 is 1.68 bits per heavy atom. The number of allylic oxidation sites excluding steroid dienone is 1. The van der Waals surface area contributed by atoms with Crippen molar-refractivity contribution in [3.8, 4) is 0 Å². The molecule has 0 radical (unpaired) electrons. The first-order valence-electron chi connectivity index (χ1n) is 6.86. The molecule has 0 aromatic heterocycles. The monoisotopic (exact) mass is 323 g/mol. The second kappa shape index (κ2) is 6.58. The molecule has 8 heteroatoms. The molecule has 0 spiro atoms. The van der Waals surface area contributed by atoms with Gasteiger partial charge in [0.2, 0.25) is 17.5 Å². The van der Waals surface area contributed by atoms with E-state index in [0.717, 1.165) is 0 Å². The van der Waals surface area contributed by atoms with Crippen LogP contribution >= 0.6 is 0 Å². The Balaban J connectivity index is 2.87. The lowest BCUT2D eigenvalue weighted by molar-refractivity contribution is -0.208. The summed E-state index contributed by atoms with van der Waals surface area (Å²) in [4.78, 5) is 34.8. The molecule has 124 valence electrons. The summed E-state index contributed by atoms with van der Waals surface area (Å²) in [6.07, 6.45) is -0.154. The summed E-state index contributed by atoms with van der Waals surface area (Å²) >= 11 is 0. The van der Waals surface area contributed by atoms with Gasteiger partial charge in [-0.15, -0.1) is 0 Å². The number of rotatable bonds is 8. The molecule has 1 rings (SSSR count). The first kappa shape index (κ1) is 18.3. The highest BCUT2D eigenvalue weighted by atomic mass is 19.3. The van der Waals surface area contributed by atoms with Crippen LogP contribution in [0.15, 0.2) is 12.3 Å². The fourth-order valence-corrected chi connectivity index (χ4v) is 1.98. The van der Waals surface area contributed by atoms with E-state index in [1.165, 1.54) is 0 Å². The van der Waals surface area contributed by atoms with E-state index < -0.39 is 42.3 Å². The highest BCUT2D eigenvalue weighted by Crippen LogP contribution is 2.37. The van der Waals surface area contributed by atoms with Crippen LogP contribution in [0, 0.1) is 0 Å². The molecule has 0 aromatic rings. The van der Waals surface area contributed by atoms with Gasteiger partial charge in [0.05, 0.1) is 6.54 Å². The van der Waals surface area contributed by atoms with Gasteiger partial charge < -0.3 is 4.90 Å². The number of hydrogen-bond acceptors (Lipinski definition) is 3. The van der Waals surface area contributed by atoms with E-state index in [0.29, 0.717) is 11.3 Å². The Hall–Kier alpha value is -1.73. The van der Waals surface area contributed by atoms with E-state index in [9.17, 15) is 31.9 Å². The number of hydrogen-bond donors (Lipinski definition) is 0. The summed E-state index contributed by atoms with van der Waals surface area (Å²) in [7, 11) is 0. The second-order valence-corrected chi connectivity index (χ2v) is 5.14. The van der Waals surface area contributed by atoms with E-state index in [2.05, 4.69) is 6.58 Å². The zero-order valence-corrected chi connectivity index (χ0v) is 12.1. The van der Waals surface area contributed by atoms with Crippen molar-refractivity contribution < 1.29 is 31.9 Å². The molecule has 0 saturated carbocycles. The van der Waals surface area contributed by atoms with Gasteiger partial charge in [-0.1, -0.05) is 19.9 Å². The van der Waals surface area contributed by atoms with Crippen LogP contribution in [0.2, 0.25) is 0 Å². The summed E-state index contributed by atoms with van der Waals surface area (Å²) in [5.74, 6) is -15.0. The highest BCUT2D eigenvalue weighted by Gasteiger charge is 2.65. The van der Waals surface area contributed by atoms with Gasteiger partial charge in [-0.05, 0) is 12.8 Å². The summed E-state index contributed by atoms with van der Waals surface area (Å²) in [6, 6.07) is 0. The first-order valence-corrected chi connectivity index (χ1v) is 6.86. The molecule has 0 bridgehead atoms. The molecule has 0 atom stereocenters. The molecule has 4 nitrogen and oxygen atoms in total. The molecule has 1 saturated heterocycles. The first-order chi connectivity index (χ1) is 10.1. The van der Waals surface area contributed by atoms with Crippen LogP contribution in [0.4, 0.5) is 17.6 Å². The molecule has 1 aliphatic heterocycles. The number of amides is 1. The molecule has 1 heterocycles. The predicted octanol–water partition coefficient (Wildman–Crippen LogP) is 2.72. The maximum atomic E-state index is 13.7. The third kappa shape index (κ3) is 3.36. The molecule has 0 aliphatic carbocycles. The minimum absolute atomic E-state index is 0.0104. The maximum absolute atomic E-state index is 13.7. The van der Waals surface area contributed by atoms with Gasteiger partial charge in [-0.3, -0.25) is 14.4 Å². The Morgan fingerprint density at radius 3 is 2.14 bits per heavy atom. The molecule has 0 unspecified atom stereocenters. The van der Waals surface area contributed by atoms with Gasteiger partial charge in [-0.2, -0.15) is 17.6 Å². The van der Waals surface area contributed by atoms with Gasteiger partial charge in [0.1, 0.15) is 0 Å². The van der Waals surface area contributed by atoms with Gasteiger partial charge in [0.25, 0.3) is 0 Å². The van der Waals surface area contributed by atoms with Gasteiger partial charge >= 0.3 is 11.8 Å². The number of carbonyl (C=O) groups excluding carboxylic acids is 3. The van der Waals surface area contributed by atoms with Gasteiger partial charge in [0.15, 0.2) is 0 Å². The Kier molecular flexibility index (Phi) is 5.48. The number of likely N-dealkylation sites (tertiary alicyclic amines) is 1. The normalized spacial score (nSPS) is 16.3. The highest BCUT2D eigenvalue weighted by molar-refractivity contribution is 5.99. The van der Waals surface area contributed by atoms with Crippen molar-refractivity contribution in [2.75, 3.05) is 6.54 Å². The number of alkyl halides is 4. The van der Waals surface area contributed by atoms with Crippen LogP contribution < -0.4 is 0 Å².